The van der Waals surface area contributed by atoms with Gasteiger partial charge < -0.3 is 20.5 Å². The Morgan fingerprint density at radius 3 is 2.90 bits per heavy atom. The average Bonchev–Trinajstić information content (AvgIpc) is 3.18. The van der Waals surface area contributed by atoms with Crippen LogP contribution < -0.4 is 11.1 Å². The van der Waals surface area contributed by atoms with Crippen LogP contribution in [0.1, 0.15) is 29.6 Å². The van der Waals surface area contributed by atoms with Crippen LogP contribution in [-0.4, -0.2) is 22.8 Å². The predicted octanol–water partition coefficient (Wildman–Crippen LogP) is 1.87. The Bertz CT molecular complexity index is 760. The molecule has 1 saturated carbocycles. The Morgan fingerprint density at radius 1 is 1.48 bits per heavy atom. The highest BCUT2D eigenvalue weighted by molar-refractivity contribution is 7.71. The molecule has 0 radical (unpaired) electrons. The second kappa shape index (κ2) is 5.33. The number of nitrogens with one attached hydrogen (secondary N) is 2. The maximum absolute atomic E-state index is 12.3. The third-order valence-corrected chi connectivity index (χ3v) is 3.80. The standard InChI is InChI=1S/C14H15N3O3S/c15-12(18)6-10(7-1-2-7)16-13(19)8-3-4-9-11(5-8)20-14(21)17-9/h3-5,7,10H,1-2,6H2,(H2,15,18)(H,16,19)(H,17,21)/t10-/m1/s1. The van der Waals surface area contributed by atoms with Crippen LogP contribution in [0.4, 0.5) is 0 Å². The van der Waals surface area contributed by atoms with E-state index in [-0.39, 0.29) is 23.2 Å². The molecule has 1 aliphatic rings. The first-order valence-corrected chi connectivity index (χ1v) is 7.16. The molecule has 2 amide bonds. The van der Waals surface area contributed by atoms with Gasteiger partial charge in [0.05, 0.1) is 5.52 Å². The van der Waals surface area contributed by atoms with Gasteiger partial charge in [-0.1, -0.05) is 0 Å². The van der Waals surface area contributed by atoms with E-state index >= 15 is 0 Å². The topological polar surface area (TPSA) is 101 Å². The number of benzene rings is 1. The fourth-order valence-corrected chi connectivity index (χ4v) is 2.59. The van der Waals surface area contributed by atoms with Crippen molar-refractivity contribution in [2.24, 2.45) is 11.7 Å². The Hall–Kier alpha value is -2.15. The van der Waals surface area contributed by atoms with Crippen molar-refractivity contribution in [2.75, 3.05) is 0 Å². The molecule has 4 N–H and O–H groups in total. The summed E-state index contributed by atoms with van der Waals surface area (Å²) in [4.78, 5) is 26.5. The summed E-state index contributed by atoms with van der Waals surface area (Å²) in [5.41, 5.74) is 6.97. The molecule has 1 heterocycles. The fourth-order valence-electron chi connectivity index (χ4n) is 2.39. The van der Waals surface area contributed by atoms with Crippen LogP contribution in [0.2, 0.25) is 0 Å². The maximum Gasteiger partial charge on any atom is 0.266 e. The highest BCUT2D eigenvalue weighted by Gasteiger charge is 2.33. The number of aromatic nitrogens is 1. The molecule has 1 fully saturated rings. The highest BCUT2D eigenvalue weighted by atomic mass is 32.1. The minimum Gasteiger partial charge on any atom is -0.429 e. The largest absolute Gasteiger partial charge is 0.429 e. The van der Waals surface area contributed by atoms with Gasteiger partial charge in [0.2, 0.25) is 5.91 Å². The Labute approximate surface area is 125 Å². The van der Waals surface area contributed by atoms with Gasteiger partial charge in [0.15, 0.2) is 5.58 Å². The summed E-state index contributed by atoms with van der Waals surface area (Å²) in [6, 6.07) is 4.87. The van der Waals surface area contributed by atoms with Gasteiger partial charge in [0.1, 0.15) is 0 Å². The zero-order valence-corrected chi connectivity index (χ0v) is 12.0. The minimum absolute atomic E-state index is 0.170. The second-order valence-electron chi connectivity index (χ2n) is 5.31. The summed E-state index contributed by atoms with van der Waals surface area (Å²) in [5, 5.41) is 2.88. The lowest BCUT2D eigenvalue weighted by molar-refractivity contribution is -0.118. The van der Waals surface area contributed by atoms with Gasteiger partial charge in [-0.15, -0.1) is 0 Å². The van der Waals surface area contributed by atoms with Crippen LogP contribution in [0.5, 0.6) is 0 Å². The summed E-state index contributed by atoms with van der Waals surface area (Å²) in [6.45, 7) is 0. The van der Waals surface area contributed by atoms with Crippen molar-refractivity contribution in [2.45, 2.75) is 25.3 Å². The first-order chi connectivity index (χ1) is 10.0. The number of oxazole rings is 1. The molecule has 3 rings (SSSR count). The highest BCUT2D eigenvalue weighted by Crippen LogP contribution is 2.34. The molecule has 6 nitrogen and oxygen atoms in total. The van der Waals surface area contributed by atoms with Crippen molar-refractivity contribution in [3.8, 4) is 0 Å². The summed E-state index contributed by atoms with van der Waals surface area (Å²) >= 11 is 4.91. The van der Waals surface area contributed by atoms with Crippen LogP contribution in [0.15, 0.2) is 22.6 Å². The van der Waals surface area contributed by atoms with Gasteiger partial charge in [-0.25, -0.2) is 0 Å². The number of fused-ring (bicyclic) bond motifs is 1. The average molecular weight is 305 g/mol. The first-order valence-electron chi connectivity index (χ1n) is 6.75. The number of hydrogen-bond donors (Lipinski definition) is 3. The van der Waals surface area contributed by atoms with E-state index < -0.39 is 5.91 Å². The summed E-state index contributed by atoms with van der Waals surface area (Å²) in [5.74, 6) is -0.294. The smallest absolute Gasteiger partial charge is 0.266 e. The van der Waals surface area contributed by atoms with Crippen LogP contribution in [-0.2, 0) is 4.79 Å². The normalized spacial score (nSPS) is 15.8. The molecule has 0 unspecified atom stereocenters. The Kier molecular flexibility index (Phi) is 3.50. The van der Waals surface area contributed by atoms with E-state index in [1.165, 1.54) is 0 Å². The van der Waals surface area contributed by atoms with Gasteiger partial charge in [-0.2, -0.15) is 0 Å². The Balaban J connectivity index is 1.78. The molecule has 1 aromatic carbocycles. The van der Waals surface area contributed by atoms with E-state index in [1.807, 2.05) is 0 Å². The van der Waals surface area contributed by atoms with Crippen LogP contribution in [0, 0.1) is 10.8 Å². The van der Waals surface area contributed by atoms with Gasteiger partial charge in [0.25, 0.3) is 10.7 Å². The van der Waals surface area contributed by atoms with Crippen LogP contribution in [0.3, 0.4) is 0 Å². The first kappa shape index (κ1) is 13.8. The summed E-state index contributed by atoms with van der Waals surface area (Å²) in [6.07, 6.45) is 2.21. The van der Waals surface area contributed by atoms with Gasteiger partial charge in [-0.3, -0.25) is 9.59 Å². The zero-order valence-electron chi connectivity index (χ0n) is 11.2. The minimum atomic E-state index is -0.404. The lowest BCUT2D eigenvalue weighted by Gasteiger charge is -2.16. The van der Waals surface area contributed by atoms with Crippen molar-refractivity contribution in [3.63, 3.8) is 0 Å². The third kappa shape index (κ3) is 3.13. The van der Waals surface area contributed by atoms with Crippen molar-refractivity contribution >= 4 is 35.1 Å². The monoisotopic (exact) mass is 305 g/mol. The summed E-state index contributed by atoms with van der Waals surface area (Å²) < 4.78 is 5.29. The van der Waals surface area contributed by atoms with Gasteiger partial charge in [-0.05, 0) is 49.2 Å². The van der Waals surface area contributed by atoms with E-state index in [4.69, 9.17) is 22.4 Å². The van der Waals surface area contributed by atoms with Crippen molar-refractivity contribution < 1.29 is 14.0 Å². The molecule has 110 valence electrons. The lowest BCUT2D eigenvalue weighted by Crippen LogP contribution is -2.39. The number of nitrogens with two attached hydrogens (primary N) is 1. The van der Waals surface area contributed by atoms with E-state index in [0.29, 0.717) is 17.1 Å². The van der Waals surface area contributed by atoms with Crippen LogP contribution in [0.25, 0.3) is 11.1 Å². The number of rotatable bonds is 5. The lowest BCUT2D eigenvalue weighted by atomic mass is 10.1. The number of carbonyl (C=O) groups excluding carboxylic acids is 2. The van der Waals surface area contributed by atoms with Gasteiger partial charge in [0, 0.05) is 18.0 Å². The van der Waals surface area contributed by atoms with Gasteiger partial charge >= 0.3 is 0 Å². The number of H-pyrrole nitrogens is 1. The van der Waals surface area contributed by atoms with E-state index in [1.54, 1.807) is 18.2 Å². The van der Waals surface area contributed by atoms with E-state index in [2.05, 4.69) is 10.3 Å². The van der Waals surface area contributed by atoms with Crippen LogP contribution >= 0.6 is 12.2 Å². The molecule has 0 saturated heterocycles. The quantitative estimate of drug-likeness (QED) is 0.734. The molecule has 1 aromatic heterocycles. The molecule has 2 aromatic rings. The molecule has 0 spiro atoms. The molecule has 1 aliphatic carbocycles. The number of carbonyl (C=O) groups is 2. The molecule has 0 aliphatic heterocycles. The molecular formula is C14H15N3O3S. The van der Waals surface area contributed by atoms with Crippen molar-refractivity contribution in [1.82, 2.24) is 10.3 Å². The third-order valence-electron chi connectivity index (χ3n) is 3.61. The predicted molar refractivity (Wildman–Crippen MR) is 79.2 cm³/mol. The van der Waals surface area contributed by atoms with E-state index in [9.17, 15) is 9.59 Å². The molecule has 1 atom stereocenters. The number of amides is 2. The molecule has 0 bridgehead atoms. The SMILES string of the molecule is NC(=O)C[C@@H](NC(=O)c1ccc2[nH]c(=S)oc2c1)C1CC1. The number of primary amides is 1. The second-order valence-corrected chi connectivity index (χ2v) is 5.68. The van der Waals surface area contributed by atoms with Crippen molar-refractivity contribution in [3.05, 3.63) is 28.6 Å². The number of hydrogen-bond acceptors (Lipinski definition) is 4. The number of aromatic amines is 1. The molecular weight excluding hydrogens is 290 g/mol. The summed E-state index contributed by atoms with van der Waals surface area (Å²) in [7, 11) is 0. The van der Waals surface area contributed by atoms with Crippen molar-refractivity contribution in [1.29, 1.82) is 0 Å². The van der Waals surface area contributed by atoms with E-state index in [0.717, 1.165) is 18.4 Å². The maximum atomic E-state index is 12.3. The zero-order chi connectivity index (χ0) is 15.0. The molecule has 7 heteroatoms. The Morgan fingerprint density at radius 2 is 2.24 bits per heavy atom. The fraction of sp³-hybridized carbons (Fsp3) is 0.357. The molecule has 21 heavy (non-hydrogen) atoms.